The van der Waals surface area contributed by atoms with E-state index in [1.807, 2.05) is 25.1 Å². The zero-order chi connectivity index (χ0) is 13.2. The molecule has 0 aromatic heterocycles. The number of halogens is 1. The van der Waals surface area contributed by atoms with E-state index in [1.54, 1.807) is 7.11 Å². The quantitative estimate of drug-likeness (QED) is 0.909. The lowest BCUT2D eigenvalue weighted by atomic mass is 9.78. The fraction of sp³-hybridized carbons (Fsp3) is 0.600. The fourth-order valence-electron chi connectivity index (χ4n) is 2.86. The molecule has 1 aromatic rings. The molecule has 1 aliphatic carbocycles. The lowest BCUT2D eigenvalue weighted by Crippen LogP contribution is -2.47. The van der Waals surface area contributed by atoms with E-state index in [9.17, 15) is 5.11 Å². The normalized spacial score (nSPS) is 28.3. The van der Waals surface area contributed by atoms with E-state index in [2.05, 4.69) is 0 Å². The Kier molecular flexibility index (Phi) is 4.31. The van der Waals surface area contributed by atoms with Crippen molar-refractivity contribution < 1.29 is 9.84 Å². The van der Waals surface area contributed by atoms with Crippen molar-refractivity contribution in [2.24, 2.45) is 0 Å². The number of benzene rings is 1. The third kappa shape index (κ3) is 2.87. The Morgan fingerprint density at radius 3 is 2.89 bits per heavy atom. The topological polar surface area (TPSA) is 29.5 Å². The maximum absolute atomic E-state index is 10.8. The van der Waals surface area contributed by atoms with Crippen molar-refractivity contribution in [3.05, 3.63) is 34.3 Å². The van der Waals surface area contributed by atoms with Gasteiger partial charge in [0.15, 0.2) is 0 Å². The molecule has 0 saturated heterocycles. The molecule has 18 heavy (non-hydrogen) atoms. The molecule has 2 rings (SSSR count). The minimum atomic E-state index is -0.772. The molecule has 0 spiro atoms. The molecular formula is C15H21ClO2. The van der Waals surface area contributed by atoms with Crippen molar-refractivity contribution in [1.29, 1.82) is 0 Å². The number of methoxy groups -OCH3 is 1. The van der Waals surface area contributed by atoms with Crippen LogP contribution in [0.4, 0.5) is 0 Å². The van der Waals surface area contributed by atoms with Gasteiger partial charge >= 0.3 is 0 Å². The first kappa shape index (κ1) is 13.9. The molecule has 0 radical (unpaired) electrons. The van der Waals surface area contributed by atoms with Gasteiger partial charge in [-0.2, -0.15) is 0 Å². The Morgan fingerprint density at radius 1 is 1.44 bits per heavy atom. The van der Waals surface area contributed by atoms with Gasteiger partial charge in [-0.3, -0.25) is 0 Å². The maximum atomic E-state index is 10.8. The molecule has 0 heterocycles. The summed E-state index contributed by atoms with van der Waals surface area (Å²) in [7, 11) is 1.68. The Morgan fingerprint density at radius 2 is 2.22 bits per heavy atom. The van der Waals surface area contributed by atoms with Crippen LogP contribution in [0.15, 0.2) is 18.2 Å². The van der Waals surface area contributed by atoms with Crippen molar-refractivity contribution in [2.45, 2.75) is 50.7 Å². The zero-order valence-electron chi connectivity index (χ0n) is 11.1. The van der Waals surface area contributed by atoms with Gasteiger partial charge in [0.2, 0.25) is 0 Å². The molecule has 2 nitrogen and oxygen atoms in total. The summed E-state index contributed by atoms with van der Waals surface area (Å²) in [6, 6.07) is 6.00. The van der Waals surface area contributed by atoms with Crippen molar-refractivity contribution in [1.82, 2.24) is 0 Å². The highest BCUT2D eigenvalue weighted by Crippen LogP contribution is 2.35. The number of hydrogen-bond acceptors (Lipinski definition) is 2. The first-order valence-corrected chi connectivity index (χ1v) is 6.93. The Labute approximate surface area is 114 Å². The first-order valence-electron chi connectivity index (χ1n) is 6.55. The van der Waals surface area contributed by atoms with Crippen molar-refractivity contribution in [3.8, 4) is 0 Å². The number of ether oxygens (including phenoxy) is 1. The smallest absolute Gasteiger partial charge is 0.0948 e. The molecular weight excluding hydrogens is 248 g/mol. The SMILES string of the molecule is COC1CCCCC1(O)Cc1ccc(C)cc1Cl. The lowest BCUT2D eigenvalue weighted by molar-refractivity contribution is -0.116. The predicted molar refractivity (Wildman–Crippen MR) is 74.1 cm³/mol. The Hall–Kier alpha value is -0.570. The van der Waals surface area contributed by atoms with Gasteiger partial charge in [0.25, 0.3) is 0 Å². The van der Waals surface area contributed by atoms with Crippen LogP contribution in [-0.2, 0) is 11.2 Å². The second kappa shape index (κ2) is 5.60. The van der Waals surface area contributed by atoms with Gasteiger partial charge < -0.3 is 9.84 Å². The molecule has 2 unspecified atom stereocenters. The molecule has 1 N–H and O–H groups in total. The summed E-state index contributed by atoms with van der Waals surface area (Å²) in [4.78, 5) is 0. The molecule has 0 bridgehead atoms. The van der Waals surface area contributed by atoms with Crippen molar-refractivity contribution in [2.75, 3.05) is 7.11 Å². The summed E-state index contributed by atoms with van der Waals surface area (Å²) < 4.78 is 5.45. The summed E-state index contributed by atoms with van der Waals surface area (Å²) in [6.45, 7) is 2.02. The van der Waals surface area contributed by atoms with Crippen LogP contribution in [0.5, 0.6) is 0 Å². The van der Waals surface area contributed by atoms with Crippen LogP contribution in [0.3, 0.4) is 0 Å². The van der Waals surface area contributed by atoms with E-state index in [1.165, 1.54) is 0 Å². The van der Waals surface area contributed by atoms with Gasteiger partial charge in [0.1, 0.15) is 0 Å². The van der Waals surface area contributed by atoms with E-state index in [0.717, 1.165) is 41.8 Å². The second-order valence-corrected chi connectivity index (χ2v) is 5.75. The summed E-state index contributed by atoms with van der Waals surface area (Å²) in [5.74, 6) is 0. The standard InChI is InChI=1S/C15H21ClO2/c1-11-6-7-12(13(16)9-11)10-15(17)8-4-3-5-14(15)18-2/h6-7,9,14,17H,3-5,8,10H2,1-2H3. The number of hydrogen-bond donors (Lipinski definition) is 1. The first-order chi connectivity index (χ1) is 8.55. The summed E-state index contributed by atoms with van der Waals surface area (Å²) in [5.41, 5.74) is 1.38. The van der Waals surface area contributed by atoms with E-state index < -0.39 is 5.60 Å². The monoisotopic (exact) mass is 268 g/mol. The second-order valence-electron chi connectivity index (χ2n) is 5.35. The zero-order valence-corrected chi connectivity index (χ0v) is 11.8. The highest BCUT2D eigenvalue weighted by molar-refractivity contribution is 6.31. The van der Waals surface area contributed by atoms with Gasteiger partial charge in [-0.25, -0.2) is 0 Å². The molecule has 100 valence electrons. The lowest BCUT2D eigenvalue weighted by Gasteiger charge is -2.39. The molecule has 3 heteroatoms. The molecule has 2 atom stereocenters. The molecule has 1 saturated carbocycles. The van der Waals surface area contributed by atoms with Crippen LogP contribution in [0.2, 0.25) is 5.02 Å². The van der Waals surface area contributed by atoms with Crippen LogP contribution < -0.4 is 0 Å². The van der Waals surface area contributed by atoms with Crippen LogP contribution in [0.25, 0.3) is 0 Å². The van der Waals surface area contributed by atoms with Crippen LogP contribution in [0.1, 0.15) is 36.8 Å². The van der Waals surface area contributed by atoms with E-state index in [-0.39, 0.29) is 6.10 Å². The Balaban J connectivity index is 2.20. The van der Waals surface area contributed by atoms with Gasteiger partial charge in [0.05, 0.1) is 11.7 Å². The van der Waals surface area contributed by atoms with Crippen molar-refractivity contribution >= 4 is 11.6 Å². The molecule has 0 aliphatic heterocycles. The third-order valence-corrected chi connectivity index (χ3v) is 4.27. The van der Waals surface area contributed by atoms with Crippen molar-refractivity contribution in [3.63, 3.8) is 0 Å². The highest BCUT2D eigenvalue weighted by Gasteiger charge is 2.39. The Bertz CT molecular complexity index is 419. The van der Waals surface area contributed by atoms with E-state index in [4.69, 9.17) is 16.3 Å². The summed E-state index contributed by atoms with van der Waals surface area (Å²) in [6.07, 6.45) is 4.39. The largest absolute Gasteiger partial charge is 0.387 e. The van der Waals surface area contributed by atoms with E-state index >= 15 is 0 Å². The van der Waals surface area contributed by atoms with Crippen LogP contribution in [0, 0.1) is 6.92 Å². The number of rotatable bonds is 3. The molecule has 0 amide bonds. The number of aliphatic hydroxyl groups is 1. The minimum Gasteiger partial charge on any atom is -0.387 e. The average Bonchev–Trinajstić information content (AvgIpc) is 2.33. The van der Waals surface area contributed by atoms with Gasteiger partial charge in [-0.05, 0) is 37.0 Å². The molecule has 1 aromatic carbocycles. The van der Waals surface area contributed by atoms with Gasteiger partial charge in [-0.15, -0.1) is 0 Å². The van der Waals surface area contributed by atoms with Gasteiger partial charge in [-0.1, -0.05) is 36.6 Å². The van der Waals surface area contributed by atoms with Crippen LogP contribution in [-0.4, -0.2) is 23.9 Å². The fourth-order valence-corrected chi connectivity index (χ4v) is 3.16. The molecule has 1 fully saturated rings. The predicted octanol–water partition coefficient (Wildman–Crippen LogP) is 3.51. The third-order valence-electron chi connectivity index (χ3n) is 3.91. The minimum absolute atomic E-state index is 0.0800. The average molecular weight is 269 g/mol. The van der Waals surface area contributed by atoms with E-state index in [0.29, 0.717) is 6.42 Å². The molecule has 1 aliphatic rings. The maximum Gasteiger partial charge on any atom is 0.0948 e. The summed E-state index contributed by atoms with van der Waals surface area (Å²) in [5, 5.41) is 11.5. The van der Waals surface area contributed by atoms with Gasteiger partial charge in [0, 0.05) is 18.6 Å². The van der Waals surface area contributed by atoms with Crippen LogP contribution >= 0.6 is 11.6 Å². The summed E-state index contributed by atoms with van der Waals surface area (Å²) >= 11 is 6.25. The highest BCUT2D eigenvalue weighted by atomic mass is 35.5. The number of aryl methyl sites for hydroxylation is 1.